The largest absolute Gasteiger partial charge is 0.320 e. The fraction of sp³-hybridized carbons (Fsp3) is 0.200. The number of amides is 1. The number of rotatable bonds is 4. The molecule has 5 rings (SSSR count). The van der Waals surface area contributed by atoms with Crippen LogP contribution in [-0.4, -0.2) is 22.0 Å². The summed E-state index contributed by atoms with van der Waals surface area (Å²) in [6.07, 6.45) is 0.391. The van der Waals surface area contributed by atoms with Gasteiger partial charge in [0, 0.05) is 24.6 Å². The lowest BCUT2D eigenvalue weighted by atomic mass is 10.0. The van der Waals surface area contributed by atoms with Crippen LogP contribution in [-0.2, 0) is 4.79 Å². The number of benzene rings is 3. The van der Waals surface area contributed by atoms with E-state index >= 15 is 0 Å². The van der Waals surface area contributed by atoms with Crippen LogP contribution >= 0.6 is 0 Å². The lowest BCUT2D eigenvalue weighted by Gasteiger charge is -2.21. The summed E-state index contributed by atoms with van der Waals surface area (Å²) >= 11 is 0. The average Bonchev–Trinajstić information content (AvgIpc) is 3.35. The standard InChI is InChI=1S/C25H22FN3O/c1-17(18-7-3-2-4-8-18)29-23-10-6-5-9-22(23)27-25(29)19-15-24(30)28(16-19)21-13-11-20(26)12-14-21/h2-14,17,19H,15-16H2,1H3/t17-,19-/m0/s1. The fourth-order valence-corrected chi connectivity index (χ4v) is 4.39. The quantitative estimate of drug-likeness (QED) is 0.467. The molecule has 0 saturated carbocycles. The molecular weight excluding hydrogens is 377 g/mol. The number of hydrogen-bond acceptors (Lipinski definition) is 2. The zero-order chi connectivity index (χ0) is 20.7. The number of para-hydroxylation sites is 2. The average molecular weight is 399 g/mol. The van der Waals surface area contributed by atoms with E-state index in [0.717, 1.165) is 22.5 Å². The van der Waals surface area contributed by atoms with Crippen LogP contribution in [0.15, 0.2) is 78.9 Å². The number of hydrogen-bond donors (Lipinski definition) is 0. The highest BCUT2D eigenvalue weighted by Gasteiger charge is 2.35. The number of carbonyl (C=O) groups is 1. The minimum Gasteiger partial charge on any atom is -0.320 e. The number of anilines is 1. The van der Waals surface area contributed by atoms with Crippen molar-refractivity contribution in [1.82, 2.24) is 9.55 Å². The van der Waals surface area contributed by atoms with Crippen molar-refractivity contribution in [2.75, 3.05) is 11.4 Å². The smallest absolute Gasteiger partial charge is 0.227 e. The van der Waals surface area contributed by atoms with Gasteiger partial charge in [-0.3, -0.25) is 4.79 Å². The highest BCUT2D eigenvalue weighted by Crippen LogP contribution is 2.36. The van der Waals surface area contributed by atoms with Crippen LogP contribution in [0.25, 0.3) is 11.0 Å². The topological polar surface area (TPSA) is 38.1 Å². The lowest BCUT2D eigenvalue weighted by Crippen LogP contribution is -2.24. The zero-order valence-electron chi connectivity index (χ0n) is 16.7. The Hall–Kier alpha value is -3.47. The first kappa shape index (κ1) is 18.6. The van der Waals surface area contributed by atoms with E-state index < -0.39 is 0 Å². The summed E-state index contributed by atoms with van der Waals surface area (Å²) in [5, 5.41) is 0. The van der Waals surface area contributed by atoms with Crippen molar-refractivity contribution in [1.29, 1.82) is 0 Å². The van der Waals surface area contributed by atoms with Gasteiger partial charge in [-0.05, 0) is 48.9 Å². The van der Waals surface area contributed by atoms with Crippen molar-refractivity contribution in [3.63, 3.8) is 0 Å². The normalized spacial score (nSPS) is 17.6. The summed E-state index contributed by atoms with van der Waals surface area (Å²) in [6.45, 7) is 2.71. The highest BCUT2D eigenvalue weighted by atomic mass is 19.1. The van der Waals surface area contributed by atoms with Gasteiger partial charge < -0.3 is 9.47 Å². The van der Waals surface area contributed by atoms with Gasteiger partial charge in [0.05, 0.1) is 17.1 Å². The number of aromatic nitrogens is 2. The van der Waals surface area contributed by atoms with Crippen molar-refractivity contribution in [2.24, 2.45) is 0 Å². The minimum atomic E-state index is -0.305. The molecule has 1 saturated heterocycles. The summed E-state index contributed by atoms with van der Waals surface area (Å²) in [4.78, 5) is 19.5. The second-order valence-electron chi connectivity index (χ2n) is 7.80. The van der Waals surface area contributed by atoms with Crippen molar-refractivity contribution in [3.8, 4) is 0 Å². The Kier molecular flexibility index (Phi) is 4.58. The van der Waals surface area contributed by atoms with Crippen molar-refractivity contribution < 1.29 is 9.18 Å². The van der Waals surface area contributed by atoms with E-state index in [-0.39, 0.29) is 23.7 Å². The van der Waals surface area contributed by atoms with Crippen LogP contribution in [0.4, 0.5) is 10.1 Å². The molecule has 5 heteroatoms. The van der Waals surface area contributed by atoms with Crippen LogP contribution in [0.2, 0.25) is 0 Å². The maximum atomic E-state index is 13.3. The Morgan fingerprint density at radius 1 is 0.967 bits per heavy atom. The van der Waals surface area contributed by atoms with E-state index in [1.807, 2.05) is 36.4 Å². The molecule has 1 aliphatic heterocycles. The van der Waals surface area contributed by atoms with E-state index in [0.29, 0.717) is 13.0 Å². The van der Waals surface area contributed by atoms with E-state index in [9.17, 15) is 9.18 Å². The maximum Gasteiger partial charge on any atom is 0.227 e. The van der Waals surface area contributed by atoms with Crippen LogP contribution in [0.3, 0.4) is 0 Å². The minimum absolute atomic E-state index is 0.0267. The Morgan fingerprint density at radius 3 is 2.43 bits per heavy atom. The monoisotopic (exact) mass is 399 g/mol. The van der Waals surface area contributed by atoms with E-state index in [4.69, 9.17) is 4.98 Å². The zero-order valence-corrected chi connectivity index (χ0v) is 16.7. The molecule has 2 atom stereocenters. The first-order valence-corrected chi connectivity index (χ1v) is 10.2. The summed E-state index contributed by atoms with van der Waals surface area (Å²) in [6, 6.07) is 24.6. The van der Waals surface area contributed by atoms with Gasteiger partial charge >= 0.3 is 0 Å². The van der Waals surface area contributed by atoms with Crippen LogP contribution < -0.4 is 4.90 Å². The predicted octanol–water partition coefficient (Wildman–Crippen LogP) is 5.31. The van der Waals surface area contributed by atoms with E-state index in [2.05, 4.69) is 29.7 Å². The van der Waals surface area contributed by atoms with Crippen molar-refractivity contribution in [3.05, 3.63) is 96.1 Å². The first-order valence-electron chi connectivity index (χ1n) is 10.2. The molecule has 0 unspecified atom stereocenters. The molecule has 0 spiro atoms. The number of nitrogens with zero attached hydrogens (tertiary/aromatic N) is 3. The molecule has 3 aromatic carbocycles. The molecule has 0 N–H and O–H groups in total. The van der Waals surface area contributed by atoms with Gasteiger partial charge in [-0.2, -0.15) is 0 Å². The Morgan fingerprint density at radius 2 is 1.67 bits per heavy atom. The predicted molar refractivity (Wildman–Crippen MR) is 116 cm³/mol. The second kappa shape index (κ2) is 7.41. The molecule has 150 valence electrons. The molecule has 1 fully saturated rings. The SMILES string of the molecule is C[C@@H](c1ccccc1)n1c([C@H]2CC(=O)N(c3ccc(F)cc3)C2)nc2ccccc21. The van der Waals surface area contributed by atoms with Gasteiger partial charge in [0.1, 0.15) is 11.6 Å². The third-order valence-corrected chi connectivity index (χ3v) is 5.92. The first-order chi connectivity index (χ1) is 14.6. The molecule has 1 amide bonds. The van der Waals surface area contributed by atoms with E-state index in [1.165, 1.54) is 17.7 Å². The number of halogens is 1. The summed E-state index contributed by atoms with van der Waals surface area (Å²) < 4.78 is 15.6. The molecule has 4 aromatic rings. The molecule has 1 aliphatic rings. The molecule has 0 radical (unpaired) electrons. The molecule has 0 bridgehead atoms. The van der Waals surface area contributed by atoms with Crippen LogP contribution in [0, 0.1) is 5.82 Å². The molecular formula is C25H22FN3O. The summed E-state index contributed by atoms with van der Waals surface area (Å²) in [7, 11) is 0. The van der Waals surface area contributed by atoms with Gasteiger partial charge in [-0.25, -0.2) is 9.37 Å². The Balaban J connectivity index is 1.56. The van der Waals surface area contributed by atoms with Crippen LogP contribution in [0.5, 0.6) is 0 Å². The number of carbonyl (C=O) groups excluding carboxylic acids is 1. The molecule has 4 nitrogen and oxygen atoms in total. The molecule has 1 aromatic heterocycles. The number of imidazole rings is 1. The molecule has 30 heavy (non-hydrogen) atoms. The Labute approximate surface area is 174 Å². The van der Waals surface area contributed by atoms with Crippen molar-refractivity contribution >= 4 is 22.6 Å². The van der Waals surface area contributed by atoms with Gasteiger partial charge in [-0.1, -0.05) is 42.5 Å². The third-order valence-electron chi connectivity index (χ3n) is 5.92. The van der Waals surface area contributed by atoms with Crippen LogP contribution in [0.1, 0.15) is 36.7 Å². The fourth-order valence-electron chi connectivity index (χ4n) is 4.39. The second-order valence-corrected chi connectivity index (χ2v) is 7.80. The third kappa shape index (κ3) is 3.16. The summed E-state index contributed by atoms with van der Waals surface area (Å²) in [5.41, 5.74) is 3.92. The van der Waals surface area contributed by atoms with Gasteiger partial charge in [0.25, 0.3) is 0 Å². The Bertz CT molecular complexity index is 1200. The van der Waals surface area contributed by atoms with E-state index in [1.54, 1.807) is 17.0 Å². The van der Waals surface area contributed by atoms with Gasteiger partial charge in [0.2, 0.25) is 5.91 Å². The highest BCUT2D eigenvalue weighted by molar-refractivity contribution is 5.96. The molecule has 0 aliphatic carbocycles. The molecule has 2 heterocycles. The van der Waals surface area contributed by atoms with Gasteiger partial charge in [-0.15, -0.1) is 0 Å². The number of fused-ring (bicyclic) bond motifs is 1. The lowest BCUT2D eigenvalue weighted by molar-refractivity contribution is -0.117. The summed E-state index contributed by atoms with van der Waals surface area (Å²) in [5.74, 6) is 0.629. The maximum absolute atomic E-state index is 13.3. The van der Waals surface area contributed by atoms with Gasteiger partial charge in [0.15, 0.2) is 0 Å². The van der Waals surface area contributed by atoms with Crippen molar-refractivity contribution in [2.45, 2.75) is 25.3 Å².